The predicted molar refractivity (Wildman–Crippen MR) is 64.5 cm³/mol. The van der Waals surface area contributed by atoms with Gasteiger partial charge in [-0.3, -0.25) is 0 Å². The van der Waals surface area contributed by atoms with Gasteiger partial charge in [0.2, 0.25) is 0 Å². The van der Waals surface area contributed by atoms with Gasteiger partial charge in [0.25, 0.3) is 0 Å². The summed E-state index contributed by atoms with van der Waals surface area (Å²) in [6, 6.07) is 5.51. The van der Waals surface area contributed by atoms with Crippen molar-refractivity contribution in [3.63, 3.8) is 0 Å². The summed E-state index contributed by atoms with van der Waals surface area (Å²) in [6.07, 6.45) is 0. The van der Waals surface area contributed by atoms with Crippen molar-refractivity contribution >= 4 is 5.69 Å². The van der Waals surface area contributed by atoms with E-state index in [4.69, 9.17) is 10.5 Å². The van der Waals surface area contributed by atoms with E-state index >= 15 is 0 Å². The van der Waals surface area contributed by atoms with Crippen LogP contribution in [0.1, 0.15) is 13.8 Å². The first-order chi connectivity index (χ1) is 8.24. The van der Waals surface area contributed by atoms with Crippen molar-refractivity contribution in [2.24, 2.45) is 0 Å². The third-order valence-electron chi connectivity index (χ3n) is 2.33. The minimum atomic E-state index is 0.599. The van der Waals surface area contributed by atoms with Crippen molar-refractivity contribution < 1.29 is 4.74 Å². The molecular formula is C11H15N5O. The molecule has 2 aromatic rings. The van der Waals surface area contributed by atoms with Gasteiger partial charge in [-0.25, -0.2) is 4.68 Å². The molecule has 0 saturated carbocycles. The molecule has 0 aliphatic rings. The van der Waals surface area contributed by atoms with Gasteiger partial charge in [-0.2, -0.15) is 0 Å². The number of tetrazole rings is 1. The Hall–Kier alpha value is -2.11. The number of hydrogen-bond acceptors (Lipinski definition) is 5. The fourth-order valence-electron chi connectivity index (χ4n) is 1.63. The normalized spacial score (nSPS) is 10.5. The van der Waals surface area contributed by atoms with Crippen molar-refractivity contribution in [3.05, 3.63) is 18.2 Å². The van der Waals surface area contributed by atoms with E-state index in [1.165, 1.54) is 0 Å². The molecule has 1 aromatic heterocycles. The zero-order valence-electron chi connectivity index (χ0n) is 9.92. The highest BCUT2D eigenvalue weighted by atomic mass is 16.5. The third-order valence-corrected chi connectivity index (χ3v) is 2.33. The summed E-state index contributed by atoms with van der Waals surface area (Å²) in [4.78, 5) is 0. The Morgan fingerprint density at radius 2 is 2.12 bits per heavy atom. The fraction of sp³-hybridized carbons (Fsp3) is 0.364. The van der Waals surface area contributed by atoms with Gasteiger partial charge < -0.3 is 10.5 Å². The smallest absolute Gasteiger partial charge is 0.182 e. The summed E-state index contributed by atoms with van der Waals surface area (Å²) in [5.41, 5.74) is 7.33. The zero-order chi connectivity index (χ0) is 12.3. The Bertz CT molecular complexity index is 508. The Labute approximate surface area is 99.4 Å². The maximum absolute atomic E-state index is 5.83. The van der Waals surface area contributed by atoms with Crippen molar-refractivity contribution in [1.82, 2.24) is 20.2 Å². The van der Waals surface area contributed by atoms with E-state index < -0.39 is 0 Å². The van der Waals surface area contributed by atoms with Crippen LogP contribution in [-0.2, 0) is 6.54 Å². The van der Waals surface area contributed by atoms with Crippen LogP contribution in [0, 0.1) is 0 Å². The van der Waals surface area contributed by atoms with E-state index in [2.05, 4.69) is 15.5 Å². The molecular weight excluding hydrogens is 218 g/mol. The molecule has 0 saturated heterocycles. The van der Waals surface area contributed by atoms with E-state index in [0.29, 0.717) is 24.7 Å². The van der Waals surface area contributed by atoms with Gasteiger partial charge in [-0.15, -0.1) is 5.10 Å². The second-order valence-electron chi connectivity index (χ2n) is 3.54. The van der Waals surface area contributed by atoms with Crippen molar-refractivity contribution in [3.8, 4) is 17.1 Å². The highest BCUT2D eigenvalue weighted by Gasteiger charge is 2.09. The lowest BCUT2D eigenvalue weighted by Crippen LogP contribution is -2.01. The number of aryl methyl sites for hydroxylation is 1. The molecule has 0 bridgehead atoms. The lowest BCUT2D eigenvalue weighted by molar-refractivity contribution is 0.340. The summed E-state index contributed by atoms with van der Waals surface area (Å²) in [5.74, 6) is 1.42. The maximum atomic E-state index is 5.83. The highest BCUT2D eigenvalue weighted by molar-refractivity contribution is 5.64. The largest absolute Gasteiger partial charge is 0.494 e. The van der Waals surface area contributed by atoms with Crippen LogP contribution in [0.25, 0.3) is 11.4 Å². The molecule has 0 radical (unpaired) electrons. The highest BCUT2D eigenvalue weighted by Crippen LogP contribution is 2.25. The van der Waals surface area contributed by atoms with Crippen LogP contribution >= 0.6 is 0 Å². The molecule has 90 valence electrons. The van der Waals surface area contributed by atoms with Gasteiger partial charge in [-0.1, -0.05) is 0 Å². The summed E-state index contributed by atoms with van der Waals surface area (Å²) in [5, 5.41) is 11.5. The SMILES string of the molecule is CCOc1cc(N)cc(-c2nnnn2CC)c1. The predicted octanol–water partition coefficient (Wildman–Crippen LogP) is 1.34. The topological polar surface area (TPSA) is 78.8 Å². The van der Waals surface area contributed by atoms with Crippen LogP contribution in [-0.4, -0.2) is 26.8 Å². The molecule has 17 heavy (non-hydrogen) atoms. The van der Waals surface area contributed by atoms with E-state index in [0.717, 1.165) is 11.3 Å². The Balaban J connectivity index is 2.44. The van der Waals surface area contributed by atoms with Gasteiger partial charge in [0, 0.05) is 23.9 Å². The molecule has 1 aromatic carbocycles. The van der Waals surface area contributed by atoms with Crippen LogP contribution in [0.2, 0.25) is 0 Å². The summed E-state index contributed by atoms with van der Waals surface area (Å²) < 4.78 is 7.15. The van der Waals surface area contributed by atoms with Crippen LogP contribution in [0.4, 0.5) is 5.69 Å². The van der Waals surface area contributed by atoms with Gasteiger partial charge in [0.1, 0.15) is 5.75 Å². The van der Waals surface area contributed by atoms with Crippen LogP contribution in [0.3, 0.4) is 0 Å². The van der Waals surface area contributed by atoms with E-state index in [9.17, 15) is 0 Å². The average molecular weight is 233 g/mol. The van der Waals surface area contributed by atoms with Crippen molar-refractivity contribution in [1.29, 1.82) is 0 Å². The van der Waals surface area contributed by atoms with Gasteiger partial charge in [0.05, 0.1) is 6.61 Å². The Morgan fingerprint density at radius 3 is 2.82 bits per heavy atom. The molecule has 6 nitrogen and oxygen atoms in total. The number of rotatable bonds is 4. The van der Waals surface area contributed by atoms with Crippen molar-refractivity contribution in [2.75, 3.05) is 12.3 Å². The first-order valence-electron chi connectivity index (χ1n) is 5.54. The number of hydrogen-bond donors (Lipinski definition) is 1. The minimum absolute atomic E-state index is 0.599. The van der Waals surface area contributed by atoms with E-state index in [1.54, 1.807) is 10.7 Å². The maximum Gasteiger partial charge on any atom is 0.182 e. The van der Waals surface area contributed by atoms with Crippen LogP contribution < -0.4 is 10.5 Å². The third kappa shape index (κ3) is 2.35. The fourth-order valence-corrected chi connectivity index (χ4v) is 1.63. The molecule has 6 heteroatoms. The molecule has 0 aliphatic heterocycles. The number of nitrogen functional groups attached to an aromatic ring is 1. The van der Waals surface area contributed by atoms with Gasteiger partial charge >= 0.3 is 0 Å². The molecule has 0 aliphatic carbocycles. The molecule has 0 amide bonds. The molecule has 2 rings (SSSR count). The lowest BCUT2D eigenvalue weighted by atomic mass is 10.2. The quantitative estimate of drug-likeness (QED) is 0.806. The van der Waals surface area contributed by atoms with E-state index in [1.807, 2.05) is 26.0 Å². The lowest BCUT2D eigenvalue weighted by Gasteiger charge is -2.07. The van der Waals surface area contributed by atoms with Crippen LogP contribution in [0.15, 0.2) is 18.2 Å². The molecule has 0 fully saturated rings. The zero-order valence-corrected chi connectivity index (χ0v) is 9.92. The molecule has 2 N–H and O–H groups in total. The first kappa shape index (κ1) is 11.4. The average Bonchev–Trinajstić information content (AvgIpc) is 2.76. The monoisotopic (exact) mass is 233 g/mol. The summed E-state index contributed by atoms with van der Waals surface area (Å²) in [7, 11) is 0. The van der Waals surface area contributed by atoms with Gasteiger partial charge in [-0.05, 0) is 36.4 Å². The van der Waals surface area contributed by atoms with E-state index in [-0.39, 0.29) is 0 Å². The van der Waals surface area contributed by atoms with Gasteiger partial charge in [0.15, 0.2) is 5.82 Å². The van der Waals surface area contributed by atoms with Crippen LogP contribution in [0.5, 0.6) is 5.75 Å². The Kier molecular flexibility index (Phi) is 3.22. The Morgan fingerprint density at radius 1 is 1.29 bits per heavy atom. The second kappa shape index (κ2) is 4.82. The second-order valence-corrected chi connectivity index (χ2v) is 3.54. The molecule has 1 heterocycles. The first-order valence-corrected chi connectivity index (χ1v) is 5.54. The number of anilines is 1. The number of nitrogens with zero attached hydrogens (tertiary/aromatic N) is 4. The minimum Gasteiger partial charge on any atom is -0.494 e. The standard InChI is InChI=1S/C11H15N5O/c1-3-16-11(13-14-15-16)8-5-9(12)7-10(6-8)17-4-2/h5-7H,3-4,12H2,1-2H3. The van der Waals surface area contributed by atoms with Crippen molar-refractivity contribution in [2.45, 2.75) is 20.4 Å². The number of nitrogens with two attached hydrogens (primary N) is 1. The number of aromatic nitrogens is 4. The molecule has 0 atom stereocenters. The molecule has 0 spiro atoms. The number of ether oxygens (including phenoxy) is 1. The summed E-state index contributed by atoms with van der Waals surface area (Å²) >= 11 is 0. The molecule has 0 unspecified atom stereocenters. The summed E-state index contributed by atoms with van der Waals surface area (Å²) in [6.45, 7) is 5.22. The number of benzene rings is 1.